The molecule has 0 radical (unpaired) electrons. The Balaban J connectivity index is 0.000000194. The molecule has 2 aromatic rings. The lowest BCUT2D eigenvalue weighted by Crippen LogP contribution is -2.70. The van der Waals surface area contributed by atoms with Crippen LogP contribution in [0.4, 0.5) is 0 Å². The van der Waals surface area contributed by atoms with E-state index in [0.717, 1.165) is 0 Å². The summed E-state index contributed by atoms with van der Waals surface area (Å²) < 4.78 is 0. The minimum absolute atomic E-state index is 0.0516. The number of primary amides is 2. The minimum Gasteiger partial charge on any atom is -0.508 e. The molecule has 342 valence electrons. The van der Waals surface area contributed by atoms with E-state index < -0.39 is 145 Å². The van der Waals surface area contributed by atoms with Crippen LogP contribution in [0.2, 0.25) is 5.02 Å². The third kappa shape index (κ3) is 5.91. The van der Waals surface area contributed by atoms with Crippen LogP contribution in [-0.4, -0.2) is 159 Å². The van der Waals surface area contributed by atoms with Gasteiger partial charge in [0.05, 0.1) is 58.4 Å². The van der Waals surface area contributed by atoms with Crippen LogP contribution in [0, 0.1) is 23.7 Å². The topological polar surface area (TPSA) is 363 Å². The van der Waals surface area contributed by atoms with Crippen molar-refractivity contribution in [1.29, 1.82) is 0 Å². The van der Waals surface area contributed by atoms with Crippen molar-refractivity contribution >= 4 is 69.2 Å². The highest BCUT2D eigenvalue weighted by molar-refractivity contribution is 6.33. The van der Waals surface area contributed by atoms with Crippen LogP contribution in [0.1, 0.15) is 22.3 Å². The molecule has 6 aliphatic carbocycles. The van der Waals surface area contributed by atoms with Gasteiger partial charge in [-0.3, -0.25) is 38.6 Å². The van der Waals surface area contributed by atoms with Crippen LogP contribution < -0.4 is 11.5 Å². The van der Waals surface area contributed by atoms with Gasteiger partial charge in [-0.15, -0.1) is 0 Å². The third-order valence-corrected chi connectivity index (χ3v) is 13.6. The van der Waals surface area contributed by atoms with Gasteiger partial charge >= 0.3 is 0 Å². The second kappa shape index (κ2) is 15.2. The molecule has 0 heterocycles. The van der Waals surface area contributed by atoms with E-state index in [0.29, 0.717) is 0 Å². The number of phenolic OH excluding ortho intramolecular Hbond substituents is 2. The predicted octanol–water partition coefficient (Wildman–Crippen LogP) is -0.536. The molecule has 2 aromatic carbocycles. The molecule has 0 aliphatic heterocycles. The Labute approximate surface area is 372 Å². The summed E-state index contributed by atoms with van der Waals surface area (Å²) in [6, 6.07) is 3.97. The maximum atomic E-state index is 13.7. The van der Waals surface area contributed by atoms with Crippen molar-refractivity contribution < 1.29 is 79.8 Å². The first-order valence-electron chi connectivity index (χ1n) is 19.5. The van der Waals surface area contributed by atoms with E-state index in [1.165, 1.54) is 68.3 Å². The fraction of sp³-hybridized carbons (Fsp3) is 0.318. The molecule has 0 bridgehead atoms. The first-order chi connectivity index (χ1) is 30.1. The van der Waals surface area contributed by atoms with Gasteiger partial charge < -0.3 is 62.5 Å². The highest BCUT2D eigenvalue weighted by atomic mass is 35.5. The highest BCUT2D eigenvalue weighted by Crippen LogP contribution is 2.58. The van der Waals surface area contributed by atoms with Gasteiger partial charge in [-0.05, 0) is 63.1 Å². The zero-order valence-electron chi connectivity index (χ0n) is 34.8. The molecule has 2 fully saturated rings. The van der Waals surface area contributed by atoms with E-state index in [1.54, 1.807) is 0 Å². The van der Waals surface area contributed by atoms with Crippen molar-refractivity contribution in [1.82, 2.24) is 9.80 Å². The van der Waals surface area contributed by atoms with E-state index in [-0.39, 0.29) is 44.2 Å². The van der Waals surface area contributed by atoms with Crippen molar-refractivity contribution in [3.63, 3.8) is 0 Å². The number of aliphatic hydroxyl groups excluding tert-OH is 6. The molecule has 8 rings (SSSR count). The van der Waals surface area contributed by atoms with Crippen LogP contribution in [0.3, 0.4) is 0 Å². The summed E-state index contributed by atoms with van der Waals surface area (Å²) in [6.07, 6.45) is -3.44. The Kier molecular flexibility index (Phi) is 10.9. The van der Waals surface area contributed by atoms with Gasteiger partial charge in [-0.2, -0.15) is 0 Å². The number of nitrogens with two attached hydrogens (primary N) is 2. The number of hydrogen-bond donors (Lipinski definition) is 12. The normalized spacial score (nSPS) is 31.8. The minimum atomic E-state index is -2.97. The summed E-state index contributed by atoms with van der Waals surface area (Å²) in [6.45, 7) is 7.81. The average molecular weight is 919 g/mol. The lowest BCUT2D eigenvalue weighted by atomic mass is 9.55. The van der Waals surface area contributed by atoms with E-state index in [9.17, 15) is 79.8 Å². The number of benzene rings is 2. The Morgan fingerprint density at radius 3 is 1.45 bits per heavy atom. The number of ketones is 4. The Morgan fingerprint density at radius 2 is 1.03 bits per heavy atom. The summed E-state index contributed by atoms with van der Waals surface area (Å²) in [5.41, 5.74) is 1.80. The van der Waals surface area contributed by atoms with Crippen LogP contribution >= 0.6 is 11.6 Å². The maximum Gasteiger partial charge on any atom is 0.255 e. The number of Topliss-reactive ketones (excluding diaryl/α,β-unsaturated/α-hetero) is 4. The largest absolute Gasteiger partial charge is 0.508 e. The van der Waals surface area contributed by atoms with Gasteiger partial charge in [0.1, 0.15) is 45.7 Å². The van der Waals surface area contributed by atoms with Gasteiger partial charge in [0, 0.05) is 22.4 Å². The molecule has 20 nitrogen and oxygen atoms in total. The Morgan fingerprint density at radius 1 is 0.631 bits per heavy atom. The molecule has 65 heavy (non-hydrogen) atoms. The molecule has 2 amide bonds. The van der Waals surface area contributed by atoms with Crippen LogP contribution in [0.25, 0.3) is 22.7 Å². The number of aliphatic hydroxyl groups is 8. The van der Waals surface area contributed by atoms with Crippen molar-refractivity contribution in [2.75, 3.05) is 28.2 Å². The molecular formula is C44H43ClN4O16. The summed E-state index contributed by atoms with van der Waals surface area (Å²) >= 11 is 6.25. The van der Waals surface area contributed by atoms with Crippen LogP contribution in [0.15, 0.2) is 77.3 Å². The lowest BCUT2D eigenvalue weighted by Gasteiger charge is -2.52. The summed E-state index contributed by atoms with van der Waals surface area (Å²) in [5, 5.41) is 110. The molecule has 0 aromatic heterocycles. The van der Waals surface area contributed by atoms with Gasteiger partial charge in [0.25, 0.3) is 11.8 Å². The van der Waals surface area contributed by atoms with Crippen LogP contribution in [-0.2, 0) is 28.8 Å². The van der Waals surface area contributed by atoms with E-state index in [1.807, 2.05) is 0 Å². The highest BCUT2D eigenvalue weighted by Gasteiger charge is 2.69. The maximum absolute atomic E-state index is 13.7. The standard InChI is InChI=1S/C22H21ClN2O8.C22H22N2O8/c1-6-9-7(23)4-5-8(26)11(9)16(27)12-10(6)17(28)14-15(25(2)3)18(29)13(21(24)32)20(31)22(14,33)19(12)30;1-7-8-5-4-6-9(25)11(8)16(26)12-10(7)17(27)14-15(24(2)3)18(28)13(21(23)31)20(30)22(14,32)19(12)29/h4-5,10,14-15,17,26-28,31,33H,1H2,2-3H3,(H2,24,32);4-6,10,14-15,17,25-27,30,32H,1H2,2-3H3,(H2,23,31)/t2*10-,14-,15+,17+,22+/m11/s1. The number of carbonyl (C=O) groups excluding carboxylic acids is 6. The number of phenols is 2. The number of hydrogen-bond acceptors (Lipinski definition) is 18. The van der Waals surface area contributed by atoms with Gasteiger partial charge in [0.15, 0.2) is 22.8 Å². The summed E-state index contributed by atoms with van der Waals surface area (Å²) in [7, 11) is 5.72. The first-order valence-corrected chi connectivity index (χ1v) is 19.9. The molecule has 6 aliphatic rings. The molecule has 0 unspecified atom stereocenters. The quantitative estimate of drug-likeness (QED) is 0.171. The Hall–Kier alpha value is -6.65. The Bertz CT molecular complexity index is 2790. The number of nitrogens with zero attached hydrogens (tertiary/aromatic N) is 2. The number of rotatable bonds is 4. The zero-order valence-corrected chi connectivity index (χ0v) is 35.5. The monoisotopic (exact) mass is 918 g/mol. The van der Waals surface area contributed by atoms with Gasteiger partial charge in [-0.1, -0.05) is 36.9 Å². The van der Waals surface area contributed by atoms with Crippen molar-refractivity contribution in [3.8, 4) is 11.5 Å². The fourth-order valence-electron chi connectivity index (χ4n) is 10.5. The fourth-order valence-corrected chi connectivity index (χ4v) is 10.7. The molecule has 0 saturated heterocycles. The SMILES string of the molecule is C=C1c2c(Cl)ccc(O)c2C(O)=C2C(=O)[C@]3(O)C(O)=C(C(N)=O)C(=O)[C@@H](N(C)C)[C@@H]3[C@@H](O)[C@H]12.C=C1c2cccc(O)c2C(O)=C2C(=O)[C@]3(O)C(O)=C(C(N)=O)C(=O)[C@@H](N(C)C)[C@@H]3[C@@H](O)[C@H]12. The van der Waals surface area contributed by atoms with Crippen molar-refractivity contribution in [2.45, 2.75) is 35.5 Å². The average Bonchev–Trinajstić information content (AvgIpc) is 3.21. The van der Waals surface area contributed by atoms with E-state index in [4.69, 9.17) is 23.1 Å². The number of fused-ring (bicyclic) bond motifs is 6. The number of carbonyl (C=O) groups is 6. The van der Waals surface area contributed by atoms with E-state index in [2.05, 4.69) is 13.2 Å². The number of halogens is 1. The molecule has 0 spiro atoms. The second-order valence-electron chi connectivity index (χ2n) is 17.0. The van der Waals surface area contributed by atoms with Gasteiger partial charge in [-0.25, -0.2) is 0 Å². The molecule has 2 saturated carbocycles. The van der Waals surface area contributed by atoms with E-state index >= 15 is 0 Å². The number of aromatic hydroxyl groups is 2. The molecule has 14 N–H and O–H groups in total. The van der Waals surface area contributed by atoms with Crippen LogP contribution in [0.5, 0.6) is 11.5 Å². The zero-order chi connectivity index (χ0) is 48.6. The molecule has 21 heteroatoms. The number of likely N-dealkylation sites (N-methyl/N-ethyl adjacent to an activating group) is 2. The molecule has 10 atom stereocenters. The summed E-state index contributed by atoms with van der Waals surface area (Å²) in [4.78, 5) is 79.8. The second-order valence-corrected chi connectivity index (χ2v) is 17.4. The number of amides is 2. The summed E-state index contributed by atoms with van der Waals surface area (Å²) in [5.74, 6) is -18.0. The smallest absolute Gasteiger partial charge is 0.255 e. The van der Waals surface area contributed by atoms with Gasteiger partial charge in [0.2, 0.25) is 11.6 Å². The lowest BCUT2D eigenvalue weighted by molar-refractivity contribution is -0.166. The van der Waals surface area contributed by atoms with Crippen molar-refractivity contribution in [2.24, 2.45) is 35.1 Å². The first kappa shape index (κ1) is 46.3. The van der Waals surface area contributed by atoms with Crippen molar-refractivity contribution in [3.05, 3.63) is 105 Å². The third-order valence-electron chi connectivity index (χ3n) is 13.3. The molecular weight excluding hydrogens is 876 g/mol. The predicted molar refractivity (Wildman–Crippen MR) is 227 cm³/mol.